The fourth-order valence-corrected chi connectivity index (χ4v) is 3.75. The van der Waals surface area contributed by atoms with E-state index in [-0.39, 0.29) is 9.92 Å². The molecule has 0 aliphatic rings. The maximum absolute atomic E-state index is 12.4. The number of hydrogen-bond acceptors (Lipinski definition) is 3. The number of anilines is 2. The van der Waals surface area contributed by atoms with E-state index in [0.717, 1.165) is 15.6 Å². The van der Waals surface area contributed by atoms with Crippen LogP contribution in [0, 0.1) is 13.8 Å². The Morgan fingerprint density at radius 1 is 1.14 bits per heavy atom. The van der Waals surface area contributed by atoms with Crippen LogP contribution in [0.2, 0.25) is 5.02 Å². The van der Waals surface area contributed by atoms with E-state index in [4.69, 9.17) is 17.3 Å². The van der Waals surface area contributed by atoms with Crippen LogP contribution in [-0.4, -0.2) is 8.42 Å². The summed E-state index contributed by atoms with van der Waals surface area (Å²) in [5.74, 6) is 0. The van der Waals surface area contributed by atoms with Gasteiger partial charge in [-0.05, 0) is 55.3 Å². The highest BCUT2D eigenvalue weighted by Gasteiger charge is 2.19. The van der Waals surface area contributed by atoms with E-state index in [0.29, 0.717) is 11.4 Å². The lowest BCUT2D eigenvalue weighted by Crippen LogP contribution is -2.14. The van der Waals surface area contributed by atoms with Gasteiger partial charge in [-0.15, -0.1) is 0 Å². The normalized spacial score (nSPS) is 11.4. The van der Waals surface area contributed by atoms with Crippen molar-refractivity contribution in [2.24, 2.45) is 0 Å². The Hall–Kier alpha value is -1.24. The van der Waals surface area contributed by atoms with Crippen LogP contribution in [0.5, 0.6) is 0 Å². The second-order valence-electron chi connectivity index (χ2n) is 4.72. The molecule has 2 aromatic carbocycles. The molecule has 0 aliphatic heterocycles. The molecule has 0 atom stereocenters. The molecule has 21 heavy (non-hydrogen) atoms. The predicted octanol–water partition coefficient (Wildman–Crippen LogP) is 4.10. The first-order chi connectivity index (χ1) is 9.70. The summed E-state index contributed by atoms with van der Waals surface area (Å²) < 4.78 is 28.3. The van der Waals surface area contributed by atoms with Crippen molar-refractivity contribution in [2.75, 3.05) is 10.5 Å². The van der Waals surface area contributed by atoms with Gasteiger partial charge in [0, 0.05) is 15.8 Å². The van der Waals surface area contributed by atoms with Gasteiger partial charge in [0.2, 0.25) is 0 Å². The molecule has 0 amide bonds. The van der Waals surface area contributed by atoms with E-state index in [1.54, 1.807) is 18.2 Å². The largest absolute Gasteiger partial charge is 0.399 e. The Balaban J connectivity index is 2.45. The highest BCUT2D eigenvalue weighted by atomic mass is 79.9. The number of sulfonamides is 1. The monoisotopic (exact) mass is 388 g/mol. The quantitative estimate of drug-likeness (QED) is 0.776. The van der Waals surface area contributed by atoms with Crippen LogP contribution in [0.15, 0.2) is 39.7 Å². The van der Waals surface area contributed by atoms with Crippen molar-refractivity contribution in [1.29, 1.82) is 0 Å². The maximum Gasteiger partial charge on any atom is 0.263 e. The molecule has 0 bridgehead atoms. The average Bonchev–Trinajstić information content (AvgIpc) is 2.38. The van der Waals surface area contributed by atoms with Gasteiger partial charge < -0.3 is 5.73 Å². The summed E-state index contributed by atoms with van der Waals surface area (Å²) in [6, 6.07) is 7.84. The SMILES string of the molecule is Cc1cc(NS(=O)(=O)c2cc(N)ccc2Cl)cc(C)c1Br. The molecule has 0 aromatic heterocycles. The van der Waals surface area contributed by atoms with Gasteiger partial charge >= 0.3 is 0 Å². The third-order valence-electron chi connectivity index (χ3n) is 2.93. The van der Waals surface area contributed by atoms with Crippen LogP contribution < -0.4 is 10.5 Å². The molecule has 0 unspecified atom stereocenters. The first-order valence-corrected chi connectivity index (χ1v) is 8.71. The number of nitrogens with two attached hydrogens (primary N) is 1. The number of halogens is 2. The van der Waals surface area contributed by atoms with Crippen molar-refractivity contribution in [1.82, 2.24) is 0 Å². The molecule has 0 saturated heterocycles. The van der Waals surface area contributed by atoms with E-state index in [1.165, 1.54) is 12.1 Å². The molecule has 112 valence electrons. The molecule has 7 heteroatoms. The van der Waals surface area contributed by atoms with Gasteiger partial charge in [-0.1, -0.05) is 27.5 Å². The molecule has 2 rings (SSSR count). The standard InChI is InChI=1S/C14H14BrClN2O2S/c1-8-5-11(6-9(2)14(8)15)18-21(19,20)13-7-10(17)3-4-12(13)16/h3-7,18H,17H2,1-2H3. The highest BCUT2D eigenvalue weighted by Crippen LogP contribution is 2.29. The third-order valence-corrected chi connectivity index (χ3v) is 6.05. The molecular formula is C14H14BrClN2O2S. The molecule has 0 heterocycles. The summed E-state index contributed by atoms with van der Waals surface area (Å²) in [6.07, 6.45) is 0. The molecule has 0 fully saturated rings. The molecule has 4 nitrogen and oxygen atoms in total. The van der Waals surface area contributed by atoms with Gasteiger partial charge in [0.05, 0.1) is 5.02 Å². The Kier molecular flexibility index (Phi) is 4.51. The van der Waals surface area contributed by atoms with Gasteiger partial charge in [-0.2, -0.15) is 0 Å². The smallest absolute Gasteiger partial charge is 0.263 e. The van der Waals surface area contributed by atoms with E-state index in [9.17, 15) is 8.42 Å². The van der Waals surface area contributed by atoms with Gasteiger partial charge in [-0.25, -0.2) is 8.42 Å². The van der Waals surface area contributed by atoms with Crippen molar-refractivity contribution in [3.05, 3.63) is 51.0 Å². The minimum absolute atomic E-state index is 0.0395. The van der Waals surface area contributed by atoms with Crippen LogP contribution in [0.3, 0.4) is 0 Å². The molecule has 0 saturated carbocycles. The summed E-state index contributed by atoms with van der Waals surface area (Å²) in [5, 5.41) is 0.127. The molecule has 3 N–H and O–H groups in total. The Bertz CT molecular complexity index is 784. The number of nitrogens with one attached hydrogen (secondary N) is 1. The Morgan fingerprint density at radius 3 is 2.29 bits per heavy atom. The fourth-order valence-electron chi connectivity index (χ4n) is 1.94. The topological polar surface area (TPSA) is 72.2 Å². The zero-order valence-electron chi connectivity index (χ0n) is 11.4. The number of aryl methyl sites for hydroxylation is 2. The maximum atomic E-state index is 12.4. The van der Waals surface area contributed by atoms with Crippen molar-refractivity contribution in [3.8, 4) is 0 Å². The fraction of sp³-hybridized carbons (Fsp3) is 0.143. The minimum Gasteiger partial charge on any atom is -0.399 e. The average molecular weight is 390 g/mol. The highest BCUT2D eigenvalue weighted by molar-refractivity contribution is 9.10. The van der Waals surface area contributed by atoms with Crippen LogP contribution >= 0.6 is 27.5 Å². The second-order valence-corrected chi connectivity index (χ2v) is 7.57. The van der Waals surface area contributed by atoms with E-state index < -0.39 is 10.0 Å². The van der Waals surface area contributed by atoms with E-state index >= 15 is 0 Å². The van der Waals surface area contributed by atoms with Crippen molar-refractivity contribution < 1.29 is 8.42 Å². The minimum atomic E-state index is -3.79. The molecule has 0 spiro atoms. The van der Waals surface area contributed by atoms with Gasteiger partial charge in [0.15, 0.2) is 0 Å². The first-order valence-electron chi connectivity index (χ1n) is 6.05. The number of hydrogen-bond donors (Lipinski definition) is 2. The van der Waals surface area contributed by atoms with Crippen LogP contribution in [0.25, 0.3) is 0 Å². The first kappa shape index (κ1) is 16.1. The van der Waals surface area contributed by atoms with Crippen LogP contribution in [0.1, 0.15) is 11.1 Å². The van der Waals surface area contributed by atoms with E-state index in [2.05, 4.69) is 20.7 Å². The van der Waals surface area contributed by atoms with Gasteiger partial charge in [0.1, 0.15) is 4.90 Å². The summed E-state index contributed by atoms with van der Waals surface area (Å²) in [7, 11) is -3.79. The summed E-state index contributed by atoms with van der Waals surface area (Å²) in [5.41, 5.74) is 8.32. The predicted molar refractivity (Wildman–Crippen MR) is 90.3 cm³/mol. The van der Waals surface area contributed by atoms with Crippen LogP contribution in [-0.2, 0) is 10.0 Å². The third kappa shape index (κ3) is 3.51. The van der Waals surface area contributed by atoms with Crippen molar-refractivity contribution in [3.63, 3.8) is 0 Å². The lowest BCUT2D eigenvalue weighted by atomic mass is 10.1. The second kappa shape index (κ2) is 5.87. The lowest BCUT2D eigenvalue weighted by molar-refractivity contribution is 0.601. The number of nitrogen functional groups attached to an aromatic ring is 1. The summed E-state index contributed by atoms with van der Waals surface area (Å²) >= 11 is 9.40. The lowest BCUT2D eigenvalue weighted by Gasteiger charge is -2.12. The molecule has 2 aromatic rings. The Labute approximate surface area is 137 Å². The Morgan fingerprint density at radius 2 is 1.71 bits per heavy atom. The molecular weight excluding hydrogens is 376 g/mol. The van der Waals surface area contributed by atoms with Crippen LogP contribution in [0.4, 0.5) is 11.4 Å². The van der Waals surface area contributed by atoms with E-state index in [1.807, 2.05) is 13.8 Å². The van der Waals surface area contributed by atoms with Crippen molar-refractivity contribution >= 4 is 48.9 Å². The molecule has 0 aliphatic carbocycles. The number of benzene rings is 2. The molecule has 0 radical (unpaired) electrons. The summed E-state index contributed by atoms with van der Waals surface area (Å²) in [4.78, 5) is -0.0395. The van der Waals surface area contributed by atoms with Gasteiger partial charge in [0.25, 0.3) is 10.0 Å². The zero-order chi connectivity index (χ0) is 15.8. The van der Waals surface area contributed by atoms with Crippen molar-refractivity contribution in [2.45, 2.75) is 18.7 Å². The number of rotatable bonds is 3. The van der Waals surface area contributed by atoms with Gasteiger partial charge in [-0.3, -0.25) is 4.72 Å². The zero-order valence-corrected chi connectivity index (χ0v) is 14.6. The summed E-state index contributed by atoms with van der Waals surface area (Å²) in [6.45, 7) is 3.78.